The van der Waals surface area contributed by atoms with E-state index < -0.39 is 6.10 Å². The number of aliphatic hydroxyl groups excluding tert-OH is 1. The molecule has 0 bridgehead atoms. The molecule has 5 rings (SSSR count). The predicted molar refractivity (Wildman–Crippen MR) is 118 cm³/mol. The molecule has 2 aliphatic rings. The van der Waals surface area contributed by atoms with Crippen molar-refractivity contribution in [3.63, 3.8) is 0 Å². The van der Waals surface area contributed by atoms with Crippen molar-refractivity contribution < 1.29 is 5.11 Å². The Balaban J connectivity index is 1.41. The second-order valence-electron chi connectivity index (χ2n) is 8.29. The van der Waals surface area contributed by atoms with Gasteiger partial charge in [-0.05, 0) is 38.0 Å². The number of anilines is 3. The van der Waals surface area contributed by atoms with Crippen LogP contribution < -0.4 is 15.5 Å². The zero-order chi connectivity index (χ0) is 20.5. The molecule has 0 amide bonds. The minimum absolute atomic E-state index is 0.395. The zero-order valence-electron chi connectivity index (χ0n) is 17.4. The number of pyridine rings is 1. The molecule has 0 radical (unpaired) electrons. The second kappa shape index (κ2) is 8.20. The van der Waals surface area contributed by atoms with Crippen molar-refractivity contribution in [1.82, 2.24) is 24.8 Å². The third kappa shape index (κ3) is 3.73. The first-order valence-electron chi connectivity index (χ1n) is 10.9. The molecule has 8 heteroatoms. The first-order valence-corrected chi connectivity index (χ1v) is 10.9. The van der Waals surface area contributed by atoms with Crippen molar-refractivity contribution in [2.75, 3.05) is 36.4 Å². The first-order chi connectivity index (χ1) is 14.7. The van der Waals surface area contributed by atoms with Gasteiger partial charge in [0.05, 0.1) is 18.0 Å². The minimum atomic E-state index is -0.532. The maximum absolute atomic E-state index is 10.3. The maximum Gasteiger partial charge on any atom is 0.230 e. The quantitative estimate of drug-likeness (QED) is 0.598. The summed E-state index contributed by atoms with van der Waals surface area (Å²) < 4.78 is 2.22. The fourth-order valence-electron chi connectivity index (χ4n) is 4.64. The Kier molecular flexibility index (Phi) is 5.26. The van der Waals surface area contributed by atoms with Gasteiger partial charge in [0.15, 0.2) is 0 Å². The Morgan fingerprint density at radius 2 is 1.93 bits per heavy atom. The lowest BCUT2D eigenvalue weighted by Gasteiger charge is -2.29. The van der Waals surface area contributed by atoms with Crippen molar-refractivity contribution in [2.45, 2.75) is 44.8 Å². The van der Waals surface area contributed by atoms with Crippen LogP contribution in [0.5, 0.6) is 0 Å². The Bertz CT molecular complexity index is 1000. The molecule has 1 saturated carbocycles. The van der Waals surface area contributed by atoms with Crippen molar-refractivity contribution in [3.05, 3.63) is 36.3 Å². The number of hydrogen-bond donors (Lipinski definition) is 3. The van der Waals surface area contributed by atoms with Crippen LogP contribution in [0.3, 0.4) is 0 Å². The molecule has 30 heavy (non-hydrogen) atoms. The highest BCUT2D eigenvalue weighted by molar-refractivity contribution is 5.78. The van der Waals surface area contributed by atoms with Crippen molar-refractivity contribution in [1.29, 1.82) is 0 Å². The van der Waals surface area contributed by atoms with E-state index in [-0.39, 0.29) is 0 Å². The van der Waals surface area contributed by atoms with E-state index in [1.165, 1.54) is 12.8 Å². The average Bonchev–Trinajstić information content (AvgIpc) is 3.42. The zero-order valence-corrected chi connectivity index (χ0v) is 17.4. The molecule has 0 spiro atoms. The van der Waals surface area contributed by atoms with Gasteiger partial charge in [0.1, 0.15) is 11.5 Å². The first kappa shape index (κ1) is 19.3. The lowest BCUT2D eigenvalue weighted by molar-refractivity contribution is 0.187. The summed E-state index contributed by atoms with van der Waals surface area (Å²) in [6, 6.07) is 6.47. The van der Waals surface area contributed by atoms with Gasteiger partial charge in [0.2, 0.25) is 5.95 Å². The minimum Gasteiger partial charge on any atom is -0.387 e. The average molecular weight is 408 g/mol. The highest BCUT2D eigenvalue weighted by Crippen LogP contribution is 2.36. The molecule has 2 fully saturated rings. The standard InChI is InChI=1S/C22H29N7O/c1-15(30)19-12-16-13-25-22(27-21(16)29(19)17-4-2-3-5-17)26-20-7-6-18(14-24-20)28-10-8-23-9-11-28/h6-7,12-15,17,23,30H,2-5,8-11H2,1H3,(H,24,25,26,27). The lowest BCUT2D eigenvalue weighted by Crippen LogP contribution is -2.43. The Labute approximate surface area is 176 Å². The molecule has 0 aromatic carbocycles. The topological polar surface area (TPSA) is 91.1 Å². The van der Waals surface area contributed by atoms with Crippen LogP contribution >= 0.6 is 0 Å². The van der Waals surface area contributed by atoms with Gasteiger partial charge in [-0.15, -0.1) is 0 Å². The van der Waals surface area contributed by atoms with Crippen LogP contribution in [0.2, 0.25) is 0 Å². The molecule has 1 saturated heterocycles. The van der Waals surface area contributed by atoms with E-state index in [2.05, 4.69) is 36.1 Å². The highest BCUT2D eigenvalue weighted by Gasteiger charge is 2.24. The number of aromatic nitrogens is 4. The maximum atomic E-state index is 10.3. The van der Waals surface area contributed by atoms with Crippen molar-refractivity contribution >= 4 is 28.5 Å². The van der Waals surface area contributed by atoms with Gasteiger partial charge in [-0.2, -0.15) is 4.98 Å². The summed E-state index contributed by atoms with van der Waals surface area (Å²) in [5, 5.41) is 17.9. The molecule has 1 atom stereocenters. The molecule has 1 unspecified atom stereocenters. The second-order valence-corrected chi connectivity index (χ2v) is 8.29. The van der Waals surface area contributed by atoms with Crippen LogP contribution in [-0.2, 0) is 0 Å². The number of piperazine rings is 1. The SMILES string of the molecule is CC(O)c1cc2cnc(Nc3ccc(N4CCNCC4)cn3)nc2n1C1CCCC1. The van der Waals surface area contributed by atoms with Gasteiger partial charge >= 0.3 is 0 Å². The molecule has 158 valence electrons. The molecule has 4 heterocycles. The molecular formula is C22H29N7O. The molecule has 8 nitrogen and oxygen atoms in total. The Morgan fingerprint density at radius 3 is 2.63 bits per heavy atom. The van der Waals surface area contributed by atoms with Gasteiger partial charge < -0.3 is 25.2 Å². The number of rotatable bonds is 5. The molecule has 3 aromatic heterocycles. The van der Waals surface area contributed by atoms with E-state index in [1.54, 1.807) is 0 Å². The van der Waals surface area contributed by atoms with Crippen LogP contribution in [0.4, 0.5) is 17.5 Å². The summed E-state index contributed by atoms with van der Waals surface area (Å²) >= 11 is 0. The fourth-order valence-corrected chi connectivity index (χ4v) is 4.64. The number of nitrogens with zero attached hydrogens (tertiary/aromatic N) is 5. The van der Waals surface area contributed by atoms with Crippen LogP contribution in [0.1, 0.15) is 50.4 Å². The van der Waals surface area contributed by atoms with Crippen LogP contribution in [0, 0.1) is 0 Å². The van der Waals surface area contributed by atoms with Gasteiger partial charge in [-0.1, -0.05) is 12.8 Å². The molecule has 1 aliphatic carbocycles. The Hall–Kier alpha value is -2.71. The van der Waals surface area contributed by atoms with E-state index in [4.69, 9.17) is 4.98 Å². The number of hydrogen-bond acceptors (Lipinski definition) is 7. The van der Waals surface area contributed by atoms with Gasteiger partial charge in [0, 0.05) is 49.5 Å². The third-order valence-corrected chi connectivity index (χ3v) is 6.19. The predicted octanol–water partition coefficient (Wildman–Crippen LogP) is 3.15. The number of aliphatic hydroxyl groups is 1. The number of nitrogens with one attached hydrogen (secondary N) is 2. The van der Waals surface area contributed by atoms with Crippen LogP contribution in [0.25, 0.3) is 11.0 Å². The monoisotopic (exact) mass is 407 g/mol. The largest absolute Gasteiger partial charge is 0.387 e. The summed E-state index contributed by atoms with van der Waals surface area (Å²) in [5.41, 5.74) is 2.93. The third-order valence-electron chi connectivity index (χ3n) is 6.19. The van der Waals surface area contributed by atoms with Gasteiger partial charge in [-0.3, -0.25) is 0 Å². The normalized spacial score (nSPS) is 18.8. The van der Waals surface area contributed by atoms with Crippen molar-refractivity contribution in [3.8, 4) is 0 Å². The summed E-state index contributed by atoms with van der Waals surface area (Å²) in [7, 11) is 0. The van der Waals surface area contributed by atoms with E-state index >= 15 is 0 Å². The van der Waals surface area contributed by atoms with Crippen LogP contribution in [-0.4, -0.2) is 50.8 Å². The smallest absolute Gasteiger partial charge is 0.230 e. The summed E-state index contributed by atoms with van der Waals surface area (Å²) in [4.78, 5) is 16.2. The van der Waals surface area contributed by atoms with Crippen molar-refractivity contribution in [2.24, 2.45) is 0 Å². The van der Waals surface area contributed by atoms with E-state index in [0.717, 1.165) is 67.3 Å². The van der Waals surface area contributed by atoms with E-state index in [9.17, 15) is 5.11 Å². The van der Waals surface area contributed by atoms with E-state index in [0.29, 0.717) is 12.0 Å². The lowest BCUT2D eigenvalue weighted by atomic mass is 10.2. The van der Waals surface area contributed by atoms with E-state index in [1.807, 2.05) is 31.5 Å². The summed E-state index contributed by atoms with van der Waals surface area (Å²) in [5.74, 6) is 1.25. The van der Waals surface area contributed by atoms with Crippen LogP contribution in [0.15, 0.2) is 30.6 Å². The fraction of sp³-hybridized carbons (Fsp3) is 0.500. The molecular weight excluding hydrogens is 378 g/mol. The summed E-state index contributed by atoms with van der Waals surface area (Å²) in [6.07, 6.45) is 7.91. The van der Waals surface area contributed by atoms with Gasteiger partial charge in [0.25, 0.3) is 0 Å². The van der Waals surface area contributed by atoms with Gasteiger partial charge in [-0.25, -0.2) is 9.97 Å². The Morgan fingerprint density at radius 1 is 1.13 bits per heavy atom. The molecule has 3 N–H and O–H groups in total. The molecule has 1 aliphatic heterocycles. The number of fused-ring (bicyclic) bond motifs is 1. The molecule has 3 aromatic rings. The highest BCUT2D eigenvalue weighted by atomic mass is 16.3. The summed E-state index contributed by atoms with van der Waals surface area (Å²) in [6.45, 7) is 5.82.